The van der Waals surface area contributed by atoms with E-state index >= 15 is 0 Å². The molecule has 2 N–H and O–H groups in total. The molecule has 0 aliphatic heterocycles. The van der Waals surface area contributed by atoms with Gasteiger partial charge in [0.15, 0.2) is 0 Å². The van der Waals surface area contributed by atoms with Gasteiger partial charge in [0.1, 0.15) is 24.3 Å². The van der Waals surface area contributed by atoms with Crippen molar-refractivity contribution in [3.8, 4) is 5.82 Å². The Morgan fingerprint density at radius 2 is 1.89 bits per heavy atom. The predicted octanol–water partition coefficient (Wildman–Crippen LogP) is 2.63. The van der Waals surface area contributed by atoms with E-state index in [0.717, 1.165) is 11.4 Å². The molecule has 28 heavy (non-hydrogen) atoms. The van der Waals surface area contributed by atoms with Gasteiger partial charge in [-0.3, -0.25) is 4.57 Å². The molecule has 1 aromatic carbocycles. The van der Waals surface area contributed by atoms with Gasteiger partial charge in [-0.25, -0.2) is 28.1 Å². The highest BCUT2D eigenvalue weighted by atomic mass is 35.5. The van der Waals surface area contributed by atoms with Crippen LogP contribution >= 0.6 is 11.6 Å². The molecule has 3 aromatic rings. The Labute approximate surface area is 169 Å². The number of halogens is 1. The van der Waals surface area contributed by atoms with Gasteiger partial charge >= 0.3 is 0 Å². The highest BCUT2D eigenvalue weighted by molar-refractivity contribution is 7.89. The smallest absolute Gasteiger partial charge is 0.240 e. The lowest BCUT2D eigenvalue weighted by Crippen LogP contribution is -2.29. The summed E-state index contributed by atoms with van der Waals surface area (Å²) in [5, 5.41) is 3.51. The van der Waals surface area contributed by atoms with Crippen LogP contribution < -0.4 is 10.0 Å². The van der Waals surface area contributed by atoms with Crippen molar-refractivity contribution in [2.45, 2.75) is 25.7 Å². The normalized spacial score (nSPS) is 11.6. The largest absolute Gasteiger partial charge is 0.369 e. The first kappa shape index (κ1) is 20.2. The summed E-state index contributed by atoms with van der Waals surface area (Å²) in [5.74, 6) is 1.28. The molecular weight excluding hydrogens is 400 g/mol. The Hall–Kier alpha value is -2.49. The molecule has 0 saturated carbocycles. The lowest BCUT2D eigenvalue weighted by atomic mass is 10.2. The van der Waals surface area contributed by atoms with E-state index in [1.54, 1.807) is 31.5 Å². The molecule has 0 unspecified atom stereocenters. The standard InChI is InChI=1S/C18H21ClN6O2S/c1-12-15(19)5-4-6-16(12)28(26,27)24-8-7-20-17-9-18(22-10-21-17)25-11-23-13(2)14(25)3/h4-6,9-11,24H,7-8H2,1-3H3,(H,20,21,22). The monoisotopic (exact) mass is 420 g/mol. The third-order valence-electron chi connectivity index (χ3n) is 4.38. The van der Waals surface area contributed by atoms with Crippen LogP contribution in [0.1, 0.15) is 17.0 Å². The van der Waals surface area contributed by atoms with Crippen molar-refractivity contribution in [2.24, 2.45) is 0 Å². The zero-order valence-corrected chi connectivity index (χ0v) is 17.3. The average molecular weight is 421 g/mol. The van der Waals surface area contributed by atoms with E-state index in [4.69, 9.17) is 11.6 Å². The Morgan fingerprint density at radius 3 is 2.61 bits per heavy atom. The fourth-order valence-electron chi connectivity index (χ4n) is 2.64. The Kier molecular flexibility index (Phi) is 5.97. The van der Waals surface area contributed by atoms with Crippen LogP contribution in [0.25, 0.3) is 5.82 Å². The maximum atomic E-state index is 12.5. The number of sulfonamides is 1. The van der Waals surface area contributed by atoms with Crippen LogP contribution in [-0.4, -0.2) is 41.0 Å². The first-order valence-corrected chi connectivity index (χ1v) is 10.5. The highest BCUT2D eigenvalue weighted by Crippen LogP contribution is 2.22. The second-order valence-electron chi connectivity index (χ2n) is 6.23. The molecule has 0 amide bonds. The van der Waals surface area contributed by atoms with E-state index in [9.17, 15) is 8.42 Å². The molecular formula is C18H21ClN6O2S. The first-order valence-electron chi connectivity index (χ1n) is 8.61. The van der Waals surface area contributed by atoms with Gasteiger partial charge in [-0.15, -0.1) is 0 Å². The number of benzene rings is 1. The fourth-order valence-corrected chi connectivity index (χ4v) is 4.17. The van der Waals surface area contributed by atoms with E-state index in [0.29, 0.717) is 28.8 Å². The summed E-state index contributed by atoms with van der Waals surface area (Å²) in [6.07, 6.45) is 3.16. The van der Waals surface area contributed by atoms with Crippen molar-refractivity contribution in [3.05, 3.63) is 58.9 Å². The van der Waals surface area contributed by atoms with Crippen LogP contribution in [0.15, 0.2) is 41.8 Å². The van der Waals surface area contributed by atoms with E-state index in [1.165, 1.54) is 12.4 Å². The number of hydrogen-bond donors (Lipinski definition) is 2. The van der Waals surface area contributed by atoms with Crippen molar-refractivity contribution in [3.63, 3.8) is 0 Å². The summed E-state index contributed by atoms with van der Waals surface area (Å²) in [7, 11) is -3.64. The second-order valence-corrected chi connectivity index (χ2v) is 8.38. The number of aromatic nitrogens is 4. The third-order valence-corrected chi connectivity index (χ3v) is 6.40. The van der Waals surface area contributed by atoms with Gasteiger partial charge in [0.25, 0.3) is 0 Å². The van der Waals surface area contributed by atoms with E-state index < -0.39 is 10.0 Å². The summed E-state index contributed by atoms with van der Waals surface area (Å²) in [4.78, 5) is 12.9. The topological polar surface area (TPSA) is 102 Å². The number of nitrogens with one attached hydrogen (secondary N) is 2. The summed E-state index contributed by atoms with van der Waals surface area (Å²) in [5.41, 5.74) is 2.45. The molecule has 0 aliphatic rings. The lowest BCUT2D eigenvalue weighted by molar-refractivity contribution is 0.582. The molecule has 0 spiro atoms. The number of hydrogen-bond acceptors (Lipinski definition) is 6. The van der Waals surface area contributed by atoms with Gasteiger partial charge in [0.2, 0.25) is 10.0 Å². The van der Waals surface area contributed by atoms with Gasteiger partial charge in [-0.2, -0.15) is 0 Å². The summed E-state index contributed by atoms with van der Waals surface area (Å²) in [6, 6.07) is 6.59. The van der Waals surface area contributed by atoms with Gasteiger partial charge in [-0.1, -0.05) is 17.7 Å². The zero-order chi connectivity index (χ0) is 20.3. The van der Waals surface area contributed by atoms with E-state index in [-0.39, 0.29) is 11.4 Å². The van der Waals surface area contributed by atoms with Crippen LogP contribution in [0.4, 0.5) is 5.82 Å². The highest BCUT2D eigenvalue weighted by Gasteiger charge is 2.17. The van der Waals surface area contributed by atoms with Crippen LogP contribution in [-0.2, 0) is 10.0 Å². The predicted molar refractivity (Wildman–Crippen MR) is 108 cm³/mol. The number of anilines is 1. The molecule has 0 aliphatic carbocycles. The van der Waals surface area contributed by atoms with Crippen LogP contribution in [0.3, 0.4) is 0 Å². The maximum Gasteiger partial charge on any atom is 0.240 e. The van der Waals surface area contributed by atoms with Crippen LogP contribution in [0.5, 0.6) is 0 Å². The molecule has 3 rings (SSSR count). The van der Waals surface area contributed by atoms with E-state index in [1.807, 2.05) is 18.4 Å². The first-order chi connectivity index (χ1) is 13.3. The third kappa shape index (κ3) is 4.32. The van der Waals surface area contributed by atoms with Crippen molar-refractivity contribution in [1.29, 1.82) is 0 Å². The summed E-state index contributed by atoms with van der Waals surface area (Å²) < 4.78 is 29.4. The van der Waals surface area contributed by atoms with Crippen molar-refractivity contribution >= 4 is 27.4 Å². The minimum Gasteiger partial charge on any atom is -0.369 e. The Balaban J connectivity index is 1.62. The lowest BCUT2D eigenvalue weighted by Gasteiger charge is -2.11. The van der Waals surface area contributed by atoms with Crippen molar-refractivity contribution in [1.82, 2.24) is 24.2 Å². The molecule has 0 atom stereocenters. The van der Waals surface area contributed by atoms with Gasteiger partial charge in [0.05, 0.1) is 10.6 Å². The quantitative estimate of drug-likeness (QED) is 0.570. The number of aryl methyl sites for hydroxylation is 1. The molecule has 0 radical (unpaired) electrons. The molecule has 2 aromatic heterocycles. The minimum atomic E-state index is -3.64. The Bertz CT molecular complexity index is 1100. The summed E-state index contributed by atoms with van der Waals surface area (Å²) >= 11 is 6.01. The molecule has 148 valence electrons. The fraction of sp³-hybridized carbons (Fsp3) is 0.278. The molecule has 0 bridgehead atoms. The molecule has 8 nitrogen and oxygen atoms in total. The van der Waals surface area contributed by atoms with Gasteiger partial charge < -0.3 is 5.32 Å². The molecule has 10 heteroatoms. The van der Waals surface area contributed by atoms with E-state index in [2.05, 4.69) is 25.0 Å². The Morgan fingerprint density at radius 1 is 1.11 bits per heavy atom. The van der Waals surface area contributed by atoms with Gasteiger partial charge in [-0.05, 0) is 38.5 Å². The molecule has 0 saturated heterocycles. The average Bonchev–Trinajstić information content (AvgIpc) is 3.00. The number of imidazole rings is 1. The van der Waals surface area contributed by atoms with Gasteiger partial charge in [0, 0.05) is 29.9 Å². The van der Waals surface area contributed by atoms with Crippen LogP contribution in [0, 0.1) is 20.8 Å². The SMILES string of the molecule is Cc1ncn(-c2cc(NCCNS(=O)(=O)c3cccc(Cl)c3C)ncn2)c1C. The van der Waals surface area contributed by atoms with Crippen LogP contribution in [0.2, 0.25) is 5.02 Å². The number of rotatable bonds is 7. The molecule has 0 fully saturated rings. The maximum absolute atomic E-state index is 12.5. The summed E-state index contributed by atoms with van der Waals surface area (Å²) in [6.45, 7) is 6.12. The van der Waals surface area contributed by atoms with Crippen molar-refractivity contribution in [2.75, 3.05) is 18.4 Å². The number of nitrogens with zero attached hydrogens (tertiary/aromatic N) is 4. The molecule has 2 heterocycles. The van der Waals surface area contributed by atoms with Crippen molar-refractivity contribution < 1.29 is 8.42 Å². The second kappa shape index (κ2) is 8.26. The zero-order valence-electron chi connectivity index (χ0n) is 15.8. The minimum absolute atomic E-state index is 0.176.